The smallest absolute Gasteiger partial charge is 0.308 e. The number of rotatable bonds is 8. The van der Waals surface area contributed by atoms with E-state index in [4.69, 9.17) is 15.9 Å². The zero-order valence-electron chi connectivity index (χ0n) is 19.2. The summed E-state index contributed by atoms with van der Waals surface area (Å²) in [6.07, 6.45) is 1.86. The van der Waals surface area contributed by atoms with Crippen LogP contribution in [0.1, 0.15) is 35.3 Å². The van der Waals surface area contributed by atoms with Crippen LogP contribution in [-0.2, 0) is 9.53 Å². The van der Waals surface area contributed by atoms with Crippen molar-refractivity contribution in [3.05, 3.63) is 90.3 Å². The number of nitrogens with two attached hydrogens (primary N) is 1. The van der Waals surface area contributed by atoms with Gasteiger partial charge >= 0.3 is 5.97 Å². The minimum absolute atomic E-state index is 0.153. The van der Waals surface area contributed by atoms with Gasteiger partial charge in [0, 0.05) is 16.9 Å². The number of guanidine groups is 1. The van der Waals surface area contributed by atoms with E-state index < -0.39 is 0 Å². The van der Waals surface area contributed by atoms with Crippen LogP contribution in [-0.4, -0.2) is 34.0 Å². The first-order chi connectivity index (χ1) is 16.9. The van der Waals surface area contributed by atoms with Crippen LogP contribution < -0.4 is 16.4 Å². The molecule has 35 heavy (non-hydrogen) atoms. The predicted molar refractivity (Wildman–Crippen MR) is 135 cm³/mol. The van der Waals surface area contributed by atoms with Crippen molar-refractivity contribution in [2.24, 2.45) is 5.73 Å². The number of esters is 1. The molecule has 0 aliphatic rings. The third kappa shape index (κ3) is 5.64. The Labute approximate surface area is 202 Å². The molecule has 9 heteroatoms. The highest BCUT2D eigenvalue weighted by Crippen LogP contribution is 2.28. The lowest BCUT2D eigenvalue weighted by molar-refractivity contribution is -0.143. The highest BCUT2D eigenvalue weighted by atomic mass is 16.5. The van der Waals surface area contributed by atoms with E-state index in [1.165, 1.54) is 0 Å². The standard InChI is InChI=1S/C26H26N6O3/c1-2-35-24(33)15-22(17-6-4-3-5-7-17)32-16-29-21-13-12-20(14-23(21)32)30-25(34)18-8-10-19(11-9-18)31-26(27)28/h3-14,16,22H,2,15H2,1H3,(H,30,34)(H4,27,28,31). The van der Waals surface area contributed by atoms with Crippen molar-refractivity contribution in [1.29, 1.82) is 5.41 Å². The van der Waals surface area contributed by atoms with Crippen LogP contribution in [0, 0.1) is 5.41 Å². The van der Waals surface area contributed by atoms with Crippen molar-refractivity contribution < 1.29 is 14.3 Å². The molecule has 0 radical (unpaired) electrons. The second kappa shape index (κ2) is 10.5. The number of carbonyl (C=O) groups is 2. The molecular weight excluding hydrogens is 444 g/mol. The van der Waals surface area contributed by atoms with Gasteiger partial charge in [-0.25, -0.2) is 4.98 Å². The molecule has 1 atom stereocenters. The topological polar surface area (TPSA) is 135 Å². The van der Waals surface area contributed by atoms with Gasteiger partial charge in [0.2, 0.25) is 0 Å². The van der Waals surface area contributed by atoms with Gasteiger partial charge in [0.1, 0.15) is 0 Å². The third-order valence-corrected chi connectivity index (χ3v) is 5.44. The number of fused-ring (bicyclic) bond motifs is 1. The highest BCUT2D eigenvalue weighted by molar-refractivity contribution is 6.05. The van der Waals surface area contributed by atoms with Gasteiger partial charge in [-0.2, -0.15) is 0 Å². The van der Waals surface area contributed by atoms with Crippen LogP contribution in [0.4, 0.5) is 11.4 Å². The summed E-state index contributed by atoms with van der Waals surface area (Å²) in [5.74, 6) is -0.754. The summed E-state index contributed by atoms with van der Waals surface area (Å²) in [5.41, 5.74) is 9.48. The Hall–Kier alpha value is -4.66. The van der Waals surface area contributed by atoms with E-state index in [2.05, 4.69) is 15.6 Å². The summed E-state index contributed by atoms with van der Waals surface area (Å²) >= 11 is 0. The number of ether oxygens (including phenoxy) is 1. The average molecular weight is 471 g/mol. The van der Waals surface area contributed by atoms with Crippen molar-refractivity contribution in [2.75, 3.05) is 17.2 Å². The molecule has 0 aliphatic heterocycles. The Morgan fingerprint density at radius 2 is 1.74 bits per heavy atom. The van der Waals surface area contributed by atoms with Gasteiger partial charge < -0.3 is 25.7 Å². The lowest BCUT2D eigenvalue weighted by atomic mass is 10.0. The van der Waals surface area contributed by atoms with E-state index >= 15 is 0 Å². The molecule has 1 heterocycles. The first kappa shape index (κ1) is 23.5. The second-order valence-corrected chi connectivity index (χ2v) is 7.86. The van der Waals surface area contributed by atoms with Crippen molar-refractivity contribution in [3.8, 4) is 0 Å². The monoisotopic (exact) mass is 470 g/mol. The highest BCUT2D eigenvalue weighted by Gasteiger charge is 2.21. The maximum absolute atomic E-state index is 12.8. The van der Waals surface area contributed by atoms with Crippen LogP contribution in [0.5, 0.6) is 0 Å². The first-order valence-corrected chi connectivity index (χ1v) is 11.1. The van der Waals surface area contributed by atoms with Gasteiger partial charge in [-0.15, -0.1) is 0 Å². The lowest BCUT2D eigenvalue weighted by Crippen LogP contribution is -2.20. The number of hydrogen-bond donors (Lipinski definition) is 4. The number of benzene rings is 3. The summed E-state index contributed by atoms with van der Waals surface area (Å²) in [7, 11) is 0. The number of imidazole rings is 1. The zero-order valence-corrected chi connectivity index (χ0v) is 19.2. The molecule has 1 aromatic heterocycles. The molecule has 4 aromatic rings. The predicted octanol–water partition coefficient (Wildman–Crippen LogP) is 4.14. The van der Waals surface area contributed by atoms with Gasteiger partial charge in [-0.05, 0) is 55.0 Å². The normalized spacial score (nSPS) is 11.6. The van der Waals surface area contributed by atoms with Gasteiger partial charge in [-0.1, -0.05) is 30.3 Å². The number of anilines is 2. The van der Waals surface area contributed by atoms with E-state index in [-0.39, 0.29) is 30.3 Å². The minimum Gasteiger partial charge on any atom is -0.466 e. The Morgan fingerprint density at radius 3 is 2.43 bits per heavy atom. The fraction of sp³-hybridized carbons (Fsp3) is 0.154. The molecule has 0 spiro atoms. The summed E-state index contributed by atoms with van der Waals surface area (Å²) in [6.45, 7) is 2.09. The van der Waals surface area contributed by atoms with Gasteiger partial charge in [-0.3, -0.25) is 15.0 Å². The first-order valence-electron chi connectivity index (χ1n) is 11.1. The van der Waals surface area contributed by atoms with Crippen LogP contribution in [0.25, 0.3) is 11.0 Å². The summed E-state index contributed by atoms with van der Waals surface area (Å²) < 4.78 is 7.14. The minimum atomic E-state index is -0.312. The SMILES string of the molecule is CCOC(=O)CC(c1ccccc1)n1cnc2ccc(NC(=O)c3ccc(NC(=N)N)cc3)cc21. The van der Waals surface area contributed by atoms with Crippen molar-refractivity contribution in [2.45, 2.75) is 19.4 Å². The molecule has 3 aromatic carbocycles. The molecule has 1 amide bonds. The van der Waals surface area contributed by atoms with Gasteiger partial charge in [0.05, 0.1) is 36.4 Å². The Kier molecular flexibility index (Phi) is 7.06. The molecule has 9 nitrogen and oxygen atoms in total. The number of nitrogens with one attached hydrogen (secondary N) is 3. The molecule has 1 unspecified atom stereocenters. The largest absolute Gasteiger partial charge is 0.466 e. The van der Waals surface area contributed by atoms with Gasteiger partial charge in [0.15, 0.2) is 5.96 Å². The van der Waals surface area contributed by atoms with E-state index in [0.717, 1.165) is 16.6 Å². The third-order valence-electron chi connectivity index (χ3n) is 5.44. The Morgan fingerprint density at radius 1 is 1.03 bits per heavy atom. The van der Waals surface area contributed by atoms with Crippen LogP contribution in [0.3, 0.4) is 0 Å². The molecule has 178 valence electrons. The van der Waals surface area contributed by atoms with E-state index in [1.54, 1.807) is 43.6 Å². The lowest BCUT2D eigenvalue weighted by Gasteiger charge is -2.19. The van der Waals surface area contributed by atoms with E-state index in [0.29, 0.717) is 23.5 Å². The molecule has 0 saturated carbocycles. The zero-order chi connectivity index (χ0) is 24.8. The molecule has 0 bridgehead atoms. The van der Waals surface area contributed by atoms with Crippen LogP contribution >= 0.6 is 0 Å². The average Bonchev–Trinajstić information content (AvgIpc) is 3.26. The number of amides is 1. The summed E-state index contributed by atoms with van der Waals surface area (Å²) in [5, 5.41) is 12.9. The fourth-order valence-electron chi connectivity index (χ4n) is 3.85. The van der Waals surface area contributed by atoms with Crippen molar-refractivity contribution in [3.63, 3.8) is 0 Å². The Bertz CT molecular complexity index is 1350. The second-order valence-electron chi connectivity index (χ2n) is 7.86. The number of carbonyl (C=O) groups excluding carboxylic acids is 2. The number of hydrogen-bond acceptors (Lipinski definition) is 5. The molecular formula is C26H26N6O3. The van der Waals surface area contributed by atoms with Crippen molar-refractivity contribution in [1.82, 2.24) is 9.55 Å². The van der Waals surface area contributed by atoms with Crippen molar-refractivity contribution >= 4 is 40.2 Å². The van der Waals surface area contributed by atoms with E-state index in [1.807, 2.05) is 47.0 Å². The van der Waals surface area contributed by atoms with E-state index in [9.17, 15) is 9.59 Å². The van der Waals surface area contributed by atoms with Gasteiger partial charge in [0.25, 0.3) is 5.91 Å². The quantitative estimate of drug-likeness (QED) is 0.174. The maximum atomic E-state index is 12.8. The molecule has 0 saturated heterocycles. The molecule has 4 rings (SSSR count). The number of aromatic nitrogens is 2. The summed E-state index contributed by atoms with van der Waals surface area (Å²) in [6, 6.07) is 21.5. The molecule has 0 fully saturated rings. The maximum Gasteiger partial charge on any atom is 0.308 e. The van der Waals surface area contributed by atoms with Crippen LogP contribution in [0.2, 0.25) is 0 Å². The molecule has 0 aliphatic carbocycles. The fourth-order valence-corrected chi connectivity index (χ4v) is 3.85. The molecule has 5 N–H and O–H groups in total. The Balaban J connectivity index is 1.61. The van der Waals surface area contributed by atoms with Crippen LogP contribution in [0.15, 0.2) is 79.1 Å². The summed E-state index contributed by atoms with van der Waals surface area (Å²) in [4.78, 5) is 29.7. The number of nitrogens with zero attached hydrogens (tertiary/aromatic N) is 2.